The van der Waals surface area contributed by atoms with Crippen LogP contribution in [0, 0.1) is 11.3 Å². The first-order valence-corrected chi connectivity index (χ1v) is 9.05. The molecule has 0 aromatic carbocycles. The molecule has 0 bridgehead atoms. The lowest BCUT2D eigenvalue weighted by molar-refractivity contribution is 0.232. The highest BCUT2D eigenvalue weighted by Gasteiger charge is 2.29. The van der Waals surface area contributed by atoms with Crippen LogP contribution in [0.1, 0.15) is 25.1 Å². The molecule has 2 rings (SSSR count). The van der Waals surface area contributed by atoms with Crippen molar-refractivity contribution in [3.63, 3.8) is 0 Å². The van der Waals surface area contributed by atoms with E-state index in [4.69, 9.17) is 11.0 Å². The van der Waals surface area contributed by atoms with Gasteiger partial charge in [0.05, 0.1) is 10.6 Å². The number of likely N-dealkylation sites (N-methyl/N-ethyl adjacent to an activating group) is 1. The number of thiophene rings is 1. The molecule has 0 amide bonds. The Balaban J connectivity index is 2.20. The van der Waals surface area contributed by atoms with Crippen molar-refractivity contribution >= 4 is 33.8 Å². The van der Waals surface area contributed by atoms with Gasteiger partial charge in [0.25, 0.3) is 0 Å². The van der Waals surface area contributed by atoms with Crippen LogP contribution in [-0.4, -0.2) is 43.4 Å². The molecule has 1 unspecified atom stereocenters. The zero-order valence-electron chi connectivity index (χ0n) is 12.3. The maximum absolute atomic E-state index is 9.16. The Morgan fingerprint density at radius 1 is 1.50 bits per heavy atom. The van der Waals surface area contributed by atoms with E-state index in [1.807, 2.05) is 6.26 Å². The van der Waals surface area contributed by atoms with E-state index in [2.05, 4.69) is 29.7 Å². The molecule has 4 nitrogen and oxygen atoms in total. The van der Waals surface area contributed by atoms with Crippen molar-refractivity contribution in [2.45, 2.75) is 31.2 Å². The SMILES string of the molecule is CCN(CC)C1CCN(c2sc(C#N)c(N)c2SC)C1. The third kappa shape index (κ3) is 2.76. The number of hydrogen-bond donors (Lipinski definition) is 1. The number of rotatable bonds is 5. The third-order valence-corrected chi connectivity index (χ3v) is 6.09. The molecule has 0 saturated carbocycles. The van der Waals surface area contributed by atoms with Gasteiger partial charge in [-0.1, -0.05) is 13.8 Å². The Kier molecular flexibility index (Phi) is 5.19. The fourth-order valence-corrected chi connectivity index (χ4v) is 4.88. The zero-order chi connectivity index (χ0) is 14.7. The number of thioether (sulfide) groups is 1. The molecule has 2 N–H and O–H groups in total. The summed E-state index contributed by atoms with van der Waals surface area (Å²) in [5.74, 6) is 0. The van der Waals surface area contributed by atoms with Crippen molar-refractivity contribution < 1.29 is 0 Å². The third-order valence-electron chi connectivity index (χ3n) is 3.97. The van der Waals surface area contributed by atoms with Crippen molar-refractivity contribution in [2.24, 2.45) is 0 Å². The van der Waals surface area contributed by atoms with Crippen molar-refractivity contribution in [3.05, 3.63) is 4.88 Å². The molecule has 1 aliphatic rings. The van der Waals surface area contributed by atoms with E-state index in [1.54, 1.807) is 11.8 Å². The summed E-state index contributed by atoms with van der Waals surface area (Å²) in [4.78, 5) is 6.64. The quantitative estimate of drug-likeness (QED) is 0.848. The second-order valence-corrected chi connectivity index (χ2v) is 6.72. The van der Waals surface area contributed by atoms with Gasteiger partial charge < -0.3 is 10.6 Å². The summed E-state index contributed by atoms with van der Waals surface area (Å²) in [5.41, 5.74) is 6.73. The molecule has 110 valence electrons. The Bertz CT molecular complexity index is 502. The van der Waals surface area contributed by atoms with Gasteiger partial charge in [0.1, 0.15) is 15.9 Å². The highest BCUT2D eigenvalue weighted by molar-refractivity contribution is 7.99. The Labute approximate surface area is 129 Å². The summed E-state index contributed by atoms with van der Waals surface area (Å²) >= 11 is 3.18. The van der Waals surface area contributed by atoms with Crippen LogP contribution in [0.15, 0.2) is 4.90 Å². The van der Waals surface area contributed by atoms with Crippen LogP contribution in [-0.2, 0) is 0 Å². The molecule has 20 heavy (non-hydrogen) atoms. The normalized spacial score (nSPS) is 18.8. The average molecular weight is 310 g/mol. The number of nitrogen functional groups attached to an aromatic ring is 1. The maximum Gasteiger partial charge on any atom is 0.131 e. The highest BCUT2D eigenvalue weighted by Crippen LogP contribution is 2.44. The van der Waals surface area contributed by atoms with Crippen LogP contribution in [0.25, 0.3) is 0 Å². The summed E-state index contributed by atoms with van der Waals surface area (Å²) in [5, 5.41) is 10.3. The van der Waals surface area contributed by atoms with Gasteiger partial charge in [-0.2, -0.15) is 5.26 Å². The minimum Gasteiger partial charge on any atom is -0.396 e. The maximum atomic E-state index is 9.16. The van der Waals surface area contributed by atoms with E-state index in [9.17, 15) is 0 Å². The summed E-state index contributed by atoms with van der Waals surface area (Å²) in [6, 6.07) is 2.83. The number of nitrogens with zero attached hydrogens (tertiary/aromatic N) is 3. The van der Waals surface area contributed by atoms with Crippen molar-refractivity contribution in [3.8, 4) is 6.07 Å². The standard InChI is InChI=1S/C14H22N4S2/c1-4-17(5-2)10-6-7-18(9-10)14-13(19-3)12(16)11(8-15)20-14/h10H,4-7,9,16H2,1-3H3. The summed E-state index contributed by atoms with van der Waals surface area (Å²) in [7, 11) is 0. The smallest absolute Gasteiger partial charge is 0.131 e. The van der Waals surface area contributed by atoms with Crippen molar-refractivity contribution in [1.82, 2.24) is 4.90 Å². The molecular formula is C14H22N4S2. The summed E-state index contributed by atoms with van der Waals surface area (Å²) in [6.45, 7) is 8.73. The van der Waals surface area contributed by atoms with Crippen molar-refractivity contribution in [2.75, 3.05) is 43.1 Å². The first kappa shape index (κ1) is 15.5. The van der Waals surface area contributed by atoms with Gasteiger partial charge in [-0.3, -0.25) is 4.90 Å². The molecule has 6 heteroatoms. The molecular weight excluding hydrogens is 288 g/mol. The van der Waals surface area contributed by atoms with Crippen LogP contribution >= 0.6 is 23.1 Å². The minimum atomic E-state index is 0.619. The topological polar surface area (TPSA) is 56.3 Å². The molecule has 1 aromatic rings. The first-order chi connectivity index (χ1) is 9.65. The average Bonchev–Trinajstić information content (AvgIpc) is 3.04. The molecule has 1 aliphatic heterocycles. The van der Waals surface area contributed by atoms with Crippen LogP contribution in [0.3, 0.4) is 0 Å². The van der Waals surface area contributed by atoms with Crippen LogP contribution in [0.4, 0.5) is 10.7 Å². The number of anilines is 2. The predicted molar refractivity (Wildman–Crippen MR) is 88.8 cm³/mol. The van der Waals surface area contributed by atoms with E-state index in [1.165, 1.54) is 22.8 Å². The molecule has 1 atom stereocenters. The van der Waals surface area contributed by atoms with Crippen molar-refractivity contribution in [1.29, 1.82) is 5.26 Å². The Morgan fingerprint density at radius 2 is 2.20 bits per heavy atom. The molecule has 1 fully saturated rings. The summed E-state index contributed by atoms with van der Waals surface area (Å²) in [6.07, 6.45) is 3.22. The second kappa shape index (κ2) is 6.70. The van der Waals surface area contributed by atoms with E-state index < -0.39 is 0 Å². The number of hydrogen-bond acceptors (Lipinski definition) is 6. The largest absolute Gasteiger partial charge is 0.396 e. The van der Waals surface area contributed by atoms with Gasteiger partial charge in [0.15, 0.2) is 0 Å². The Morgan fingerprint density at radius 3 is 2.75 bits per heavy atom. The Hall–Kier alpha value is -0.900. The monoisotopic (exact) mass is 310 g/mol. The zero-order valence-corrected chi connectivity index (χ0v) is 14.0. The second-order valence-electron chi connectivity index (χ2n) is 4.90. The lowest BCUT2D eigenvalue weighted by atomic mass is 10.2. The van der Waals surface area contributed by atoms with Gasteiger partial charge >= 0.3 is 0 Å². The number of nitriles is 1. The van der Waals surface area contributed by atoms with E-state index >= 15 is 0 Å². The van der Waals surface area contributed by atoms with Gasteiger partial charge in [-0.15, -0.1) is 23.1 Å². The molecule has 2 heterocycles. The fourth-order valence-electron chi connectivity index (χ4n) is 2.87. The molecule has 1 saturated heterocycles. The minimum absolute atomic E-state index is 0.619. The van der Waals surface area contributed by atoms with Crippen LogP contribution < -0.4 is 10.6 Å². The highest BCUT2D eigenvalue weighted by atomic mass is 32.2. The molecule has 0 aliphatic carbocycles. The number of nitrogens with two attached hydrogens (primary N) is 1. The van der Waals surface area contributed by atoms with E-state index in [-0.39, 0.29) is 0 Å². The fraction of sp³-hybridized carbons (Fsp3) is 0.643. The van der Waals surface area contributed by atoms with Gasteiger partial charge in [0.2, 0.25) is 0 Å². The molecule has 0 spiro atoms. The predicted octanol–water partition coefficient (Wildman–Crippen LogP) is 2.84. The lowest BCUT2D eigenvalue weighted by Crippen LogP contribution is -2.37. The van der Waals surface area contributed by atoms with Gasteiger partial charge in [-0.25, -0.2) is 0 Å². The van der Waals surface area contributed by atoms with Crippen LogP contribution in [0.2, 0.25) is 0 Å². The van der Waals surface area contributed by atoms with E-state index in [0.29, 0.717) is 16.6 Å². The van der Waals surface area contributed by atoms with E-state index in [0.717, 1.165) is 31.1 Å². The van der Waals surface area contributed by atoms with Gasteiger partial charge in [-0.05, 0) is 25.8 Å². The lowest BCUT2D eigenvalue weighted by Gasteiger charge is -2.26. The molecule has 0 radical (unpaired) electrons. The van der Waals surface area contributed by atoms with Gasteiger partial charge in [0, 0.05) is 19.1 Å². The molecule has 1 aromatic heterocycles. The summed E-state index contributed by atoms with van der Waals surface area (Å²) < 4.78 is 0. The van der Waals surface area contributed by atoms with Crippen LogP contribution in [0.5, 0.6) is 0 Å². The first-order valence-electron chi connectivity index (χ1n) is 7.01.